The second-order valence-corrected chi connectivity index (χ2v) is 12.6. The van der Waals surface area contributed by atoms with Crippen LogP contribution in [0.15, 0.2) is 36.4 Å². The summed E-state index contributed by atoms with van der Waals surface area (Å²) in [5, 5.41) is 17.2. The van der Waals surface area contributed by atoms with Crippen molar-refractivity contribution in [3.05, 3.63) is 47.5 Å². The highest BCUT2D eigenvalue weighted by molar-refractivity contribution is 5.91. The van der Waals surface area contributed by atoms with Gasteiger partial charge in [0, 0.05) is 6.54 Å². The molecule has 1 aliphatic rings. The van der Waals surface area contributed by atoms with Crippen LogP contribution in [0.4, 0.5) is 0 Å². The molecule has 1 aromatic rings. The Hall–Kier alpha value is -3.20. The van der Waals surface area contributed by atoms with Crippen LogP contribution in [0.3, 0.4) is 0 Å². The van der Waals surface area contributed by atoms with E-state index in [2.05, 4.69) is 54.1 Å². The molecule has 0 spiro atoms. The number of ether oxygens (including phenoxy) is 1. The van der Waals surface area contributed by atoms with Gasteiger partial charge in [0.15, 0.2) is 0 Å². The Labute approximate surface area is 238 Å². The fourth-order valence-corrected chi connectivity index (χ4v) is 4.34. The highest BCUT2D eigenvalue weighted by atomic mass is 16.6. The number of carbonyl (C=O) groups excluding carboxylic acids is 3. The van der Waals surface area contributed by atoms with Gasteiger partial charge in [-0.15, -0.1) is 0 Å². The maximum atomic E-state index is 12.7. The topological polar surface area (TPSA) is 137 Å². The number of hydrogen-bond donors (Lipinski definition) is 4. The normalized spacial score (nSPS) is 18.6. The van der Waals surface area contributed by atoms with Crippen molar-refractivity contribution in [2.45, 2.75) is 92.4 Å². The first-order chi connectivity index (χ1) is 18.6. The number of carboxylic acids is 1. The zero-order valence-electron chi connectivity index (χ0n) is 25.0. The van der Waals surface area contributed by atoms with E-state index in [1.54, 1.807) is 19.9 Å². The number of carboxylic acid groups (broad SMARTS) is 1. The van der Waals surface area contributed by atoms with Gasteiger partial charge in [-0.05, 0) is 68.1 Å². The van der Waals surface area contributed by atoms with E-state index < -0.39 is 29.2 Å². The number of epoxide rings is 1. The number of benzene rings is 1. The van der Waals surface area contributed by atoms with Gasteiger partial charge in [-0.3, -0.25) is 14.4 Å². The van der Waals surface area contributed by atoms with E-state index in [0.29, 0.717) is 5.92 Å². The summed E-state index contributed by atoms with van der Waals surface area (Å²) in [6, 6.07) is 7.53. The van der Waals surface area contributed by atoms with Crippen LogP contribution in [0.2, 0.25) is 0 Å². The third-order valence-electron chi connectivity index (χ3n) is 7.05. The molecule has 9 nitrogen and oxygen atoms in total. The molecule has 1 aromatic carbocycles. The van der Waals surface area contributed by atoms with Crippen LogP contribution < -0.4 is 16.0 Å². The van der Waals surface area contributed by atoms with E-state index in [0.717, 1.165) is 19.3 Å². The van der Waals surface area contributed by atoms with Gasteiger partial charge in [0.1, 0.15) is 12.1 Å². The summed E-state index contributed by atoms with van der Waals surface area (Å²) in [5.41, 5.74) is 1.20. The lowest BCUT2D eigenvalue weighted by Crippen LogP contribution is -2.51. The number of carbonyl (C=O) groups is 4. The van der Waals surface area contributed by atoms with Crippen molar-refractivity contribution in [1.82, 2.24) is 16.0 Å². The van der Waals surface area contributed by atoms with Crippen molar-refractivity contribution < 1.29 is 29.0 Å². The van der Waals surface area contributed by atoms with Gasteiger partial charge in [-0.25, -0.2) is 4.79 Å². The molecule has 1 heterocycles. The average molecular weight is 558 g/mol. The molecular weight excluding hydrogens is 510 g/mol. The Kier molecular flexibility index (Phi) is 11.9. The van der Waals surface area contributed by atoms with Crippen molar-refractivity contribution in [1.29, 1.82) is 0 Å². The van der Waals surface area contributed by atoms with Crippen molar-refractivity contribution >= 4 is 23.7 Å². The van der Waals surface area contributed by atoms with Crippen molar-refractivity contribution in [3.63, 3.8) is 0 Å². The van der Waals surface area contributed by atoms with Crippen LogP contribution in [0.25, 0.3) is 0 Å². The summed E-state index contributed by atoms with van der Waals surface area (Å²) in [6.45, 7) is 13.0. The molecule has 3 unspecified atom stereocenters. The summed E-state index contributed by atoms with van der Waals surface area (Å²) in [4.78, 5) is 48.6. The standard InChI is InChI=1S/C31H47N3O6/c1-8-21-13-15-22(16-14-21)27-26(40-27)20(2)11-9-10-12-24(35)32-18-25(36)33-19-31(6,7)29(39)34-23(28(37)38)17-30(3,4)5/h10,12-16,20,23,26-27H,8-9,11,17-19H2,1-7H3,(H,32,35)(H,33,36)(H,34,39)(H,37,38)/b12-10+/t20?,23-,26?,27?/m0/s1. The minimum Gasteiger partial charge on any atom is -0.480 e. The van der Waals surface area contributed by atoms with Crippen LogP contribution in [-0.2, 0) is 30.3 Å². The fraction of sp³-hybridized carbons (Fsp3) is 0.613. The summed E-state index contributed by atoms with van der Waals surface area (Å²) in [6.07, 6.45) is 6.45. The Bertz CT molecular complexity index is 1060. The third kappa shape index (κ3) is 11.1. The molecule has 0 aromatic heterocycles. The first kappa shape index (κ1) is 33.0. The van der Waals surface area contributed by atoms with E-state index in [4.69, 9.17) is 4.74 Å². The largest absolute Gasteiger partial charge is 0.480 e. The van der Waals surface area contributed by atoms with Crippen LogP contribution in [0.1, 0.15) is 85.0 Å². The van der Waals surface area contributed by atoms with E-state index in [1.165, 1.54) is 17.2 Å². The number of aryl methyl sites for hydroxylation is 1. The van der Waals surface area contributed by atoms with Gasteiger partial charge in [0.05, 0.1) is 18.1 Å². The number of hydrogen-bond acceptors (Lipinski definition) is 5. The molecule has 0 saturated carbocycles. The number of allylic oxidation sites excluding steroid dienone is 1. The summed E-state index contributed by atoms with van der Waals surface area (Å²) in [5.74, 6) is -2.03. The molecule has 4 atom stereocenters. The molecule has 40 heavy (non-hydrogen) atoms. The summed E-state index contributed by atoms with van der Waals surface area (Å²) >= 11 is 0. The van der Waals surface area contributed by atoms with Gasteiger partial charge in [0.2, 0.25) is 17.7 Å². The molecule has 4 N–H and O–H groups in total. The van der Waals surface area contributed by atoms with Gasteiger partial charge >= 0.3 is 5.97 Å². The quantitative estimate of drug-likeness (QED) is 0.191. The fourth-order valence-electron chi connectivity index (χ4n) is 4.34. The molecular formula is C31H47N3O6. The lowest BCUT2D eigenvalue weighted by Gasteiger charge is -2.29. The molecule has 9 heteroatoms. The first-order valence-electron chi connectivity index (χ1n) is 14.1. The maximum Gasteiger partial charge on any atom is 0.326 e. The predicted molar refractivity (Wildman–Crippen MR) is 154 cm³/mol. The first-order valence-corrected chi connectivity index (χ1v) is 14.1. The lowest BCUT2D eigenvalue weighted by atomic mass is 9.86. The van der Waals surface area contributed by atoms with E-state index in [-0.39, 0.29) is 43.0 Å². The van der Waals surface area contributed by atoms with Crippen LogP contribution in [-0.4, -0.2) is 54.0 Å². The summed E-state index contributed by atoms with van der Waals surface area (Å²) < 4.78 is 5.89. The molecule has 0 aliphatic carbocycles. The van der Waals surface area contributed by atoms with Gasteiger partial charge in [-0.2, -0.15) is 0 Å². The minimum atomic E-state index is -1.10. The van der Waals surface area contributed by atoms with Crippen molar-refractivity contribution in [3.8, 4) is 0 Å². The van der Waals surface area contributed by atoms with E-state index >= 15 is 0 Å². The highest BCUT2D eigenvalue weighted by Gasteiger charge is 2.43. The molecule has 2 rings (SSSR count). The molecule has 1 aliphatic heterocycles. The number of aliphatic carboxylic acids is 1. The molecule has 1 saturated heterocycles. The smallest absolute Gasteiger partial charge is 0.326 e. The Morgan fingerprint density at radius 2 is 1.70 bits per heavy atom. The monoisotopic (exact) mass is 557 g/mol. The molecule has 0 bridgehead atoms. The van der Waals surface area contributed by atoms with Crippen LogP contribution >= 0.6 is 0 Å². The van der Waals surface area contributed by atoms with Gasteiger partial charge in [-0.1, -0.05) is 65.0 Å². The average Bonchev–Trinajstić information content (AvgIpc) is 3.68. The second kappa shape index (κ2) is 14.4. The molecule has 1 fully saturated rings. The Morgan fingerprint density at radius 3 is 2.27 bits per heavy atom. The minimum absolute atomic E-state index is 0.00387. The number of rotatable bonds is 15. The Balaban J connectivity index is 1.67. The second-order valence-electron chi connectivity index (χ2n) is 12.6. The zero-order valence-corrected chi connectivity index (χ0v) is 25.0. The van der Waals surface area contributed by atoms with E-state index in [1.807, 2.05) is 20.8 Å². The molecule has 3 amide bonds. The zero-order chi connectivity index (χ0) is 30.1. The predicted octanol–water partition coefficient (Wildman–Crippen LogP) is 3.93. The third-order valence-corrected chi connectivity index (χ3v) is 7.05. The highest BCUT2D eigenvalue weighted by Crippen LogP contribution is 2.44. The number of amides is 3. The van der Waals surface area contributed by atoms with E-state index in [9.17, 15) is 24.3 Å². The van der Waals surface area contributed by atoms with Crippen molar-refractivity contribution in [2.75, 3.05) is 13.1 Å². The van der Waals surface area contributed by atoms with Crippen LogP contribution in [0.5, 0.6) is 0 Å². The van der Waals surface area contributed by atoms with Gasteiger partial charge < -0.3 is 25.8 Å². The lowest BCUT2D eigenvalue weighted by molar-refractivity contribution is -0.144. The maximum absolute atomic E-state index is 12.7. The Morgan fingerprint density at radius 1 is 1.05 bits per heavy atom. The van der Waals surface area contributed by atoms with Crippen molar-refractivity contribution in [2.24, 2.45) is 16.7 Å². The van der Waals surface area contributed by atoms with Crippen LogP contribution in [0, 0.1) is 16.7 Å². The molecule has 0 radical (unpaired) electrons. The number of nitrogens with one attached hydrogen (secondary N) is 3. The summed E-state index contributed by atoms with van der Waals surface area (Å²) in [7, 11) is 0. The molecule has 222 valence electrons. The van der Waals surface area contributed by atoms with Gasteiger partial charge in [0.25, 0.3) is 0 Å². The SMILES string of the molecule is CCc1ccc(C2OC2C(C)CC/C=C/C(=O)NCC(=O)NCC(C)(C)C(=O)N[C@@H](CC(C)(C)C)C(=O)O)cc1.